The van der Waals surface area contributed by atoms with Crippen LogP contribution >= 0.6 is 34.8 Å². The number of alkyl halides is 3. The van der Waals surface area contributed by atoms with Gasteiger partial charge in [0.15, 0.2) is 5.60 Å². The van der Waals surface area contributed by atoms with Crippen molar-refractivity contribution in [3.05, 3.63) is 90.8 Å². The molecule has 0 aliphatic heterocycles. The normalized spacial score (nSPS) is 14.2. The van der Waals surface area contributed by atoms with E-state index < -0.39 is 39.8 Å². The van der Waals surface area contributed by atoms with Crippen molar-refractivity contribution in [2.45, 2.75) is 24.6 Å². The van der Waals surface area contributed by atoms with Crippen molar-refractivity contribution in [1.29, 1.82) is 0 Å². The number of hydrogen-bond acceptors (Lipinski definition) is 5. The summed E-state index contributed by atoms with van der Waals surface area (Å²) in [6.45, 7) is 1.15. The molecule has 1 N–H and O–H groups in total. The summed E-state index contributed by atoms with van der Waals surface area (Å²) < 4.78 is 53.9. The molecule has 3 aromatic rings. The van der Waals surface area contributed by atoms with Crippen molar-refractivity contribution in [2.75, 3.05) is 7.11 Å². The van der Waals surface area contributed by atoms with Crippen LogP contribution in [-0.2, 0) is 17.4 Å². The average Bonchev–Trinajstić information content (AvgIpc) is 2.80. The van der Waals surface area contributed by atoms with E-state index in [1.54, 1.807) is 0 Å². The summed E-state index contributed by atoms with van der Waals surface area (Å²) in [7, 11) is 2.43. The van der Waals surface area contributed by atoms with E-state index in [1.165, 1.54) is 50.6 Å². The zero-order chi connectivity index (χ0) is 27.0. The molecular formula is C24H19Cl3F3NO5. The molecule has 0 bridgehead atoms. The zero-order valence-electron chi connectivity index (χ0n) is 19.0. The van der Waals surface area contributed by atoms with E-state index in [0.29, 0.717) is 0 Å². The molecule has 1 aromatic heterocycles. The van der Waals surface area contributed by atoms with Gasteiger partial charge in [0.25, 0.3) is 5.56 Å². The zero-order valence-corrected chi connectivity index (χ0v) is 21.3. The molecule has 1 heterocycles. The van der Waals surface area contributed by atoms with Crippen molar-refractivity contribution >= 4 is 40.8 Å². The molecule has 0 radical (unpaired) electrons. The molecule has 2 atom stereocenters. The Labute approximate surface area is 218 Å². The van der Waals surface area contributed by atoms with E-state index >= 15 is 0 Å². The minimum absolute atomic E-state index is 0.0344. The summed E-state index contributed by atoms with van der Waals surface area (Å²) in [5.74, 6) is -1.85. The first-order chi connectivity index (χ1) is 16.7. The van der Waals surface area contributed by atoms with Crippen molar-refractivity contribution in [3.63, 3.8) is 0 Å². The summed E-state index contributed by atoms with van der Waals surface area (Å²) >= 11 is 18.2. The molecular weight excluding hydrogens is 546 g/mol. The maximum absolute atomic E-state index is 14.2. The second-order valence-electron chi connectivity index (χ2n) is 7.90. The van der Waals surface area contributed by atoms with Gasteiger partial charge in [-0.1, -0.05) is 47.8 Å². The Balaban J connectivity index is 1.98. The van der Waals surface area contributed by atoms with Gasteiger partial charge in [0, 0.05) is 35.8 Å². The van der Waals surface area contributed by atoms with E-state index in [4.69, 9.17) is 39.5 Å². The quantitative estimate of drug-likeness (QED) is 0.347. The van der Waals surface area contributed by atoms with Crippen LogP contribution in [0.1, 0.15) is 34.3 Å². The second kappa shape index (κ2) is 10.3. The molecule has 0 aliphatic carbocycles. The first kappa shape index (κ1) is 27.9. The van der Waals surface area contributed by atoms with Gasteiger partial charge in [-0.05, 0) is 35.9 Å². The average molecular weight is 565 g/mol. The first-order valence-corrected chi connectivity index (χ1v) is 11.3. The Hall–Kier alpha value is -2.72. The smallest absolute Gasteiger partial charge is 0.422 e. The highest BCUT2D eigenvalue weighted by molar-refractivity contribution is 6.33. The highest BCUT2D eigenvalue weighted by Crippen LogP contribution is 2.50. The van der Waals surface area contributed by atoms with Crippen molar-refractivity contribution in [1.82, 2.24) is 4.57 Å². The van der Waals surface area contributed by atoms with Gasteiger partial charge < -0.3 is 19.1 Å². The number of rotatable bonds is 6. The number of pyridine rings is 1. The molecule has 0 saturated heterocycles. The fourth-order valence-electron chi connectivity index (χ4n) is 3.66. The fraction of sp³-hybridized carbons (Fsp3) is 0.250. The Morgan fingerprint density at radius 3 is 2.08 bits per heavy atom. The summed E-state index contributed by atoms with van der Waals surface area (Å²) in [6, 6.07) is 8.93. The molecule has 12 heteroatoms. The maximum atomic E-state index is 14.2. The predicted molar refractivity (Wildman–Crippen MR) is 129 cm³/mol. The molecule has 0 aliphatic rings. The molecule has 0 saturated carbocycles. The topological polar surface area (TPSA) is 77.8 Å². The summed E-state index contributed by atoms with van der Waals surface area (Å²) in [4.78, 5) is 23.5. The Kier molecular flexibility index (Phi) is 8.00. The number of hydrogen-bond donors (Lipinski definition) is 1. The molecule has 0 unspecified atom stereocenters. The molecule has 6 nitrogen and oxygen atoms in total. The number of ether oxygens (including phenoxy) is 2. The summed E-state index contributed by atoms with van der Waals surface area (Å²) in [5, 5.41) is 10.5. The van der Waals surface area contributed by atoms with Crippen LogP contribution in [0.3, 0.4) is 0 Å². The van der Waals surface area contributed by atoms with Crippen LogP contribution in [0.25, 0.3) is 0 Å². The van der Waals surface area contributed by atoms with Gasteiger partial charge in [-0.15, -0.1) is 0 Å². The van der Waals surface area contributed by atoms with E-state index in [0.717, 1.165) is 23.8 Å². The highest BCUT2D eigenvalue weighted by atomic mass is 35.5. The van der Waals surface area contributed by atoms with Crippen LogP contribution in [-0.4, -0.2) is 28.9 Å². The molecule has 192 valence electrons. The van der Waals surface area contributed by atoms with Gasteiger partial charge in [0.1, 0.15) is 16.5 Å². The number of aryl methyl sites for hydroxylation is 1. The molecule has 2 aromatic carbocycles. The first-order valence-electron chi connectivity index (χ1n) is 10.2. The minimum atomic E-state index is -5.15. The SMILES string of the molecule is COC(=O)c1ccc(Oc2ccc([C@H](C)[C@](O)(c3cc(Cl)c(=O)n(C)c3)C(F)(F)F)c(Cl)c2)cc1Cl. The van der Waals surface area contributed by atoms with Crippen LogP contribution in [0, 0.1) is 0 Å². The minimum Gasteiger partial charge on any atom is -0.465 e. The monoisotopic (exact) mass is 563 g/mol. The van der Waals surface area contributed by atoms with Crippen molar-refractivity contribution < 1.29 is 32.5 Å². The number of nitrogens with zero attached hydrogens (tertiary/aromatic N) is 1. The number of carbonyl (C=O) groups is 1. The van der Waals surface area contributed by atoms with Crippen LogP contribution in [0.15, 0.2) is 53.5 Å². The highest BCUT2D eigenvalue weighted by Gasteiger charge is 2.59. The Morgan fingerprint density at radius 2 is 1.58 bits per heavy atom. The lowest BCUT2D eigenvalue weighted by Crippen LogP contribution is -2.47. The molecule has 0 amide bonds. The Morgan fingerprint density at radius 1 is 1.00 bits per heavy atom. The van der Waals surface area contributed by atoms with Gasteiger partial charge in [-0.25, -0.2) is 4.79 Å². The molecule has 0 fully saturated rings. The second-order valence-corrected chi connectivity index (χ2v) is 9.12. The number of methoxy groups -OCH3 is 1. The lowest BCUT2D eigenvalue weighted by atomic mass is 9.78. The third-order valence-corrected chi connectivity index (χ3v) is 6.57. The maximum Gasteiger partial charge on any atom is 0.422 e. The number of esters is 1. The van der Waals surface area contributed by atoms with E-state index in [1.807, 2.05) is 0 Å². The van der Waals surface area contributed by atoms with E-state index in [2.05, 4.69) is 4.74 Å². The van der Waals surface area contributed by atoms with Gasteiger partial charge in [-0.2, -0.15) is 13.2 Å². The number of halogens is 6. The van der Waals surface area contributed by atoms with Crippen LogP contribution < -0.4 is 10.3 Å². The van der Waals surface area contributed by atoms with Crippen LogP contribution in [0.5, 0.6) is 11.5 Å². The summed E-state index contributed by atoms with van der Waals surface area (Å²) in [6.07, 6.45) is -4.27. The van der Waals surface area contributed by atoms with Gasteiger partial charge in [-0.3, -0.25) is 4.79 Å². The third kappa shape index (κ3) is 5.20. The van der Waals surface area contributed by atoms with Crippen molar-refractivity contribution in [2.24, 2.45) is 7.05 Å². The third-order valence-electron chi connectivity index (χ3n) is 5.66. The fourth-order valence-corrected chi connectivity index (χ4v) is 4.49. The number of carbonyl (C=O) groups excluding carboxylic acids is 1. The standard InChI is InChI=1S/C24H19Cl3F3NO5/c1-12(23(34,24(28,29)30)13-8-20(27)21(32)31(2)11-13)16-6-4-14(9-18(16)25)36-15-5-7-17(19(26)10-15)22(33)35-3/h4-12,34H,1-3H3/t12-,23-/m0/s1. The summed E-state index contributed by atoms with van der Waals surface area (Å²) in [5.41, 5.74) is -4.67. The predicted octanol–water partition coefficient (Wildman–Crippen LogP) is 6.48. The Bertz CT molecular complexity index is 1350. The largest absolute Gasteiger partial charge is 0.465 e. The molecule has 3 rings (SSSR count). The molecule has 0 spiro atoms. The van der Waals surface area contributed by atoms with E-state index in [-0.39, 0.29) is 32.7 Å². The lowest BCUT2D eigenvalue weighted by Gasteiger charge is -2.37. The van der Waals surface area contributed by atoms with Gasteiger partial charge in [0.2, 0.25) is 0 Å². The van der Waals surface area contributed by atoms with Crippen LogP contribution in [0.4, 0.5) is 13.2 Å². The number of aromatic nitrogens is 1. The van der Waals surface area contributed by atoms with E-state index in [9.17, 15) is 27.9 Å². The van der Waals surface area contributed by atoms with Crippen molar-refractivity contribution in [3.8, 4) is 11.5 Å². The molecule has 36 heavy (non-hydrogen) atoms. The lowest BCUT2D eigenvalue weighted by molar-refractivity contribution is -0.274. The van der Waals surface area contributed by atoms with Gasteiger partial charge in [0.05, 0.1) is 17.7 Å². The number of aliphatic hydroxyl groups is 1. The van der Waals surface area contributed by atoms with Crippen LogP contribution in [0.2, 0.25) is 15.1 Å². The van der Waals surface area contributed by atoms with Gasteiger partial charge >= 0.3 is 12.1 Å². The number of benzene rings is 2.